The van der Waals surface area contributed by atoms with E-state index in [1.54, 1.807) is 0 Å². The van der Waals surface area contributed by atoms with E-state index >= 15 is 0 Å². The minimum Gasteiger partial charge on any atom is -0.291 e. The van der Waals surface area contributed by atoms with Crippen LogP contribution in [0, 0.1) is 5.92 Å². The lowest BCUT2D eigenvalue weighted by molar-refractivity contribution is 0.365. The third-order valence-corrected chi connectivity index (χ3v) is 9.07. The van der Waals surface area contributed by atoms with Gasteiger partial charge in [0, 0.05) is 6.42 Å². The summed E-state index contributed by atoms with van der Waals surface area (Å²) in [4.78, 5) is 10.2. The van der Waals surface area contributed by atoms with E-state index in [1.807, 2.05) is 6.29 Å². The van der Waals surface area contributed by atoms with E-state index in [-0.39, 0.29) is 0 Å². The van der Waals surface area contributed by atoms with Crippen molar-refractivity contribution in [3.8, 4) is 0 Å². The molecule has 0 spiro atoms. The van der Waals surface area contributed by atoms with Crippen LogP contribution in [0.2, 0.25) is 0 Å². The number of carbonyl (C=O) groups excluding carboxylic acids is 1. The summed E-state index contributed by atoms with van der Waals surface area (Å²) in [6, 6.07) is 0. The lowest BCUT2D eigenvalue weighted by Gasteiger charge is -2.17. The molecule has 0 aliphatic carbocycles. The zero-order valence-electron chi connectivity index (χ0n) is 27.5. The highest BCUT2D eigenvalue weighted by Gasteiger charge is 2.09. The van der Waals surface area contributed by atoms with Crippen molar-refractivity contribution >= 4 is 6.29 Å². The lowest BCUT2D eigenvalue weighted by atomic mass is 9.89. The third kappa shape index (κ3) is 33.8. The maximum atomic E-state index is 10.2. The predicted octanol–water partition coefficient (Wildman–Crippen LogP) is 14.0. The Labute approximate surface area is 248 Å². The van der Waals surface area contributed by atoms with Crippen LogP contribution < -0.4 is 0 Å². The molecule has 233 valence electrons. The molecule has 0 saturated heterocycles. The quantitative estimate of drug-likeness (QED) is 0.0721. The zero-order chi connectivity index (χ0) is 28.3. The summed E-state index contributed by atoms with van der Waals surface area (Å²) in [5, 5.41) is 0. The highest BCUT2D eigenvalue weighted by molar-refractivity contribution is 5.50. The summed E-state index contributed by atoms with van der Waals surface area (Å²) in [6.07, 6.45) is 50.0. The van der Waals surface area contributed by atoms with Crippen LogP contribution in [0.3, 0.4) is 0 Å². The number of rotatable bonds is 35. The lowest BCUT2D eigenvalue weighted by Crippen LogP contribution is -2.01. The summed E-state index contributed by atoms with van der Waals surface area (Å²) < 4.78 is 0. The first kappa shape index (κ1) is 38.7. The molecule has 0 aromatic rings. The Balaban J connectivity index is 3.69. The van der Waals surface area contributed by atoms with E-state index in [4.69, 9.17) is 0 Å². The van der Waals surface area contributed by atoms with E-state index in [0.29, 0.717) is 6.42 Å². The van der Waals surface area contributed by atoms with Crippen LogP contribution in [0.4, 0.5) is 0 Å². The molecule has 0 heterocycles. The van der Waals surface area contributed by atoms with Crippen molar-refractivity contribution in [3.05, 3.63) is 0 Å². The Bertz CT molecular complexity index is 430. The summed E-state index contributed by atoms with van der Waals surface area (Å²) in [6.45, 7) is 4.64. The molecule has 1 unspecified atom stereocenters. The molecular weight excluding hydrogens is 472 g/mol. The highest BCUT2D eigenvalue weighted by atomic mass is 16.1. The maximum Gasteiger partial charge on any atom is 0.198 e. The number of unbranched alkanes of at least 4 members (excludes halogenated alkanes) is 28. The van der Waals surface area contributed by atoms with Crippen molar-refractivity contribution in [2.75, 3.05) is 0 Å². The first-order chi connectivity index (χ1) is 19.3. The Morgan fingerprint density at radius 1 is 0.333 bits per heavy atom. The molecule has 0 aromatic heterocycles. The summed E-state index contributed by atoms with van der Waals surface area (Å²) in [7, 11) is 0. The molecule has 0 aliphatic rings. The monoisotopic (exact) mass is 548 g/mol. The zero-order valence-corrected chi connectivity index (χ0v) is 27.5. The second-order valence-electron chi connectivity index (χ2n) is 13.0. The van der Waals surface area contributed by atoms with Crippen LogP contribution in [0.25, 0.3) is 0 Å². The van der Waals surface area contributed by atoms with Crippen molar-refractivity contribution in [3.63, 3.8) is 0 Å². The van der Waals surface area contributed by atoms with Crippen LogP contribution in [-0.2, 0) is 4.79 Å². The molecule has 0 aromatic carbocycles. The summed E-state index contributed by atoms with van der Waals surface area (Å²) in [5.41, 5.74) is 0. The molecule has 0 bridgehead atoms. The van der Waals surface area contributed by atoms with Crippen LogP contribution in [0.1, 0.15) is 232 Å². The van der Waals surface area contributed by atoms with Gasteiger partial charge in [0.15, 0.2) is 6.29 Å². The number of hydrogen-bond acceptors (Lipinski definition) is 1. The molecule has 1 nitrogen and oxygen atoms in total. The van der Waals surface area contributed by atoms with Crippen molar-refractivity contribution in [2.24, 2.45) is 5.92 Å². The topological polar surface area (TPSA) is 17.1 Å². The molecule has 0 amide bonds. The molecule has 0 fully saturated rings. The van der Waals surface area contributed by atoms with Crippen LogP contribution in [0.5, 0.6) is 0 Å². The second-order valence-corrected chi connectivity index (χ2v) is 13.0. The van der Waals surface area contributed by atoms with Gasteiger partial charge in [0.1, 0.15) is 0 Å². The van der Waals surface area contributed by atoms with Gasteiger partial charge in [-0.1, -0.05) is 219 Å². The van der Waals surface area contributed by atoms with Crippen molar-refractivity contribution in [2.45, 2.75) is 232 Å². The van der Waals surface area contributed by atoms with Gasteiger partial charge < -0.3 is 0 Å². The number of hydrogen-bond donors (Lipinski definition) is 0. The van der Waals surface area contributed by atoms with Gasteiger partial charge in [-0.25, -0.2) is 0 Å². The van der Waals surface area contributed by atoms with Gasteiger partial charge in [0.2, 0.25) is 0 Å². The fraction of sp³-hybridized carbons (Fsp3) is 0.974. The average Bonchev–Trinajstić information content (AvgIpc) is 2.95. The molecule has 0 rings (SSSR count). The van der Waals surface area contributed by atoms with E-state index in [9.17, 15) is 4.79 Å². The molecule has 0 aliphatic heterocycles. The molecule has 1 heteroatoms. The maximum absolute atomic E-state index is 10.2. The highest BCUT2D eigenvalue weighted by Crippen LogP contribution is 2.25. The largest absolute Gasteiger partial charge is 0.291 e. The van der Waals surface area contributed by atoms with Crippen LogP contribution >= 0.6 is 0 Å². The van der Waals surface area contributed by atoms with E-state index in [2.05, 4.69) is 13.8 Å². The predicted molar refractivity (Wildman–Crippen MR) is 178 cm³/mol. The van der Waals surface area contributed by atoms with Gasteiger partial charge in [-0.05, 0) is 12.3 Å². The first-order valence-electron chi connectivity index (χ1n) is 18.7. The average molecular weight is 548 g/mol. The Hall–Kier alpha value is -0.330. The fourth-order valence-electron chi connectivity index (χ4n) is 6.32. The Kier molecular flexibility index (Phi) is 35.4. The van der Waals surface area contributed by atoms with Gasteiger partial charge in [-0.2, -0.15) is 0 Å². The molecule has 1 radical (unpaired) electrons. The smallest absolute Gasteiger partial charge is 0.198 e. The minimum absolute atomic E-state index is 0.638. The molecular formula is C38H75O. The van der Waals surface area contributed by atoms with Gasteiger partial charge in [-0.15, -0.1) is 0 Å². The van der Waals surface area contributed by atoms with Crippen LogP contribution in [0.15, 0.2) is 0 Å². The molecule has 0 saturated carbocycles. The minimum atomic E-state index is 0.638. The SMILES string of the molecule is CCCCCCCCCCCC(CCCCCCCC)CCCCCCCCCCCCCCCCC[C]=O. The third-order valence-electron chi connectivity index (χ3n) is 9.07. The molecule has 0 N–H and O–H groups in total. The van der Waals surface area contributed by atoms with E-state index in [0.717, 1.165) is 12.3 Å². The van der Waals surface area contributed by atoms with E-state index < -0.39 is 0 Å². The summed E-state index contributed by atoms with van der Waals surface area (Å²) in [5.74, 6) is 1.02. The fourth-order valence-corrected chi connectivity index (χ4v) is 6.32. The normalized spacial score (nSPS) is 12.3. The van der Waals surface area contributed by atoms with Crippen molar-refractivity contribution in [1.29, 1.82) is 0 Å². The first-order valence-corrected chi connectivity index (χ1v) is 18.7. The van der Waals surface area contributed by atoms with Gasteiger partial charge in [-0.3, -0.25) is 4.79 Å². The summed E-state index contributed by atoms with van der Waals surface area (Å²) >= 11 is 0. The molecule has 1 atom stereocenters. The standard InChI is InChI=1S/C38H75O/c1-3-5-7-9-11-20-23-27-31-35-38(34-30-26-10-8-6-4-2)36-32-28-24-21-18-16-14-12-13-15-17-19-22-25-29-33-37-39/h38H,3-36H2,1-2H3. The second kappa shape index (κ2) is 35.7. The van der Waals surface area contributed by atoms with Gasteiger partial charge in [0.25, 0.3) is 0 Å². The molecule has 39 heavy (non-hydrogen) atoms. The van der Waals surface area contributed by atoms with Crippen LogP contribution in [-0.4, -0.2) is 6.29 Å². The van der Waals surface area contributed by atoms with Gasteiger partial charge >= 0.3 is 0 Å². The van der Waals surface area contributed by atoms with Crippen molar-refractivity contribution in [1.82, 2.24) is 0 Å². The van der Waals surface area contributed by atoms with E-state index in [1.165, 1.54) is 205 Å². The van der Waals surface area contributed by atoms with Gasteiger partial charge in [0.05, 0.1) is 0 Å². The Morgan fingerprint density at radius 3 is 0.821 bits per heavy atom. The Morgan fingerprint density at radius 2 is 0.564 bits per heavy atom. The van der Waals surface area contributed by atoms with Crippen molar-refractivity contribution < 1.29 is 4.79 Å².